The second kappa shape index (κ2) is 8.24. The zero-order chi connectivity index (χ0) is 19.3. The lowest BCUT2D eigenvalue weighted by Gasteiger charge is -2.15. The molecule has 0 saturated heterocycles. The van der Waals surface area contributed by atoms with Gasteiger partial charge in [-0.2, -0.15) is 0 Å². The zero-order valence-corrected chi connectivity index (χ0v) is 14.8. The minimum absolute atomic E-state index is 0.0347. The predicted octanol–water partition coefficient (Wildman–Crippen LogP) is 3.23. The van der Waals surface area contributed by atoms with E-state index >= 15 is 0 Å². The average molecular weight is 360 g/mol. The van der Waals surface area contributed by atoms with Crippen molar-refractivity contribution in [2.75, 3.05) is 7.11 Å². The first-order chi connectivity index (χ1) is 12.3. The summed E-state index contributed by atoms with van der Waals surface area (Å²) in [5.74, 6) is -0.196. The molecule has 0 aliphatic heterocycles. The number of nitrogens with one attached hydrogen (secondary N) is 2. The Morgan fingerprint density at radius 1 is 1.15 bits per heavy atom. The number of ether oxygens (including phenoxy) is 2. The standard InChI is InChI=1S/C19H21FN2O4/c1-11(2)26-17-8-5-13(9-18(17)25-4)19(24)22-21-12(3)15-10-14(20)6-7-16(15)23/h5-11,21,23H,3H2,1-2,4H3,(H,22,24). The molecule has 2 aromatic rings. The summed E-state index contributed by atoms with van der Waals surface area (Å²) in [5.41, 5.74) is 5.60. The van der Waals surface area contributed by atoms with Crippen LogP contribution in [0, 0.1) is 5.82 Å². The van der Waals surface area contributed by atoms with Crippen LogP contribution in [0.15, 0.2) is 43.0 Å². The third kappa shape index (κ3) is 4.66. The first-order valence-electron chi connectivity index (χ1n) is 7.90. The van der Waals surface area contributed by atoms with Crippen LogP contribution in [0.25, 0.3) is 5.70 Å². The number of methoxy groups -OCH3 is 1. The summed E-state index contributed by atoms with van der Waals surface area (Å²) in [6.07, 6.45) is -0.0347. The quantitative estimate of drug-likeness (QED) is 0.661. The van der Waals surface area contributed by atoms with Gasteiger partial charge in [0.25, 0.3) is 5.91 Å². The average Bonchev–Trinajstić information content (AvgIpc) is 2.61. The number of rotatable bonds is 7. The lowest BCUT2D eigenvalue weighted by molar-refractivity contribution is 0.0942. The van der Waals surface area contributed by atoms with E-state index in [2.05, 4.69) is 17.4 Å². The van der Waals surface area contributed by atoms with Crippen molar-refractivity contribution in [1.29, 1.82) is 0 Å². The number of hydrazine groups is 1. The molecule has 0 heterocycles. The van der Waals surface area contributed by atoms with Crippen molar-refractivity contribution >= 4 is 11.6 Å². The molecule has 1 amide bonds. The Kier molecular flexibility index (Phi) is 6.06. The summed E-state index contributed by atoms with van der Waals surface area (Å²) in [7, 11) is 1.48. The van der Waals surface area contributed by atoms with E-state index in [9.17, 15) is 14.3 Å². The maximum atomic E-state index is 13.3. The molecule has 7 heteroatoms. The summed E-state index contributed by atoms with van der Waals surface area (Å²) in [5, 5.41) is 9.75. The predicted molar refractivity (Wildman–Crippen MR) is 96.5 cm³/mol. The molecule has 0 fully saturated rings. The van der Waals surface area contributed by atoms with Crippen molar-refractivity contribution in [2.24, 2.45) is 0 Å². The van der Waals surface area contributed by atoms with Crippen LogP contribution in [0.4, 0.5) is 4.39 Å². The van der Waals surface area contributed by atoms with E-state index in [1.807, 2.05) is 13.8 Å². The van der Waals surface area contributed by atoms with Crippen LogP contribution in [0.2, 0.25) is 0 Å². The third-order valence-electron chi connectivity index (χ3n) is 3.40. The Morgan fingerprint density at radius 2 is 1.88 bits per heavy atom. The molecular formula is C19H21FN2O4. The number of benzene rings is 2. The molecule has 2 rings (SSSR count). The number of phenolic OH excluding ortho intramolecular Hbond substituents is 1. The minimum atomic E-state index is -0.530. The summed E-state index contributed by atoms with van der Waals surface area (Å²) < 4.78 is 24.1. The smallest absolute Gasteiger partial charge is 0.269 e. The molecule has 138 valence electrons. The number of hydrogen-bond donors (Lipinski definition) is 3. The molecule has 0 radical (unpaired) electrons. The maximum Gasteiger partial charge on any atom is 0.269 e. The molecule has 0 saturated carbocycles. The molecule has 0 bridgehead atoms. The second-order valence-electron chi connectivity index (χ2n) is 5.75. The number of hydrogen-bond acceptors (Lipinski definition) is 5. The SMILES string of the molecule is C=C(NNC(=O)c1ccc(OC(C)C)c(OC)c1)c1cc(F)ccc1O. The van der Waals surface area contributed by atoms with Crippen LogP contribution in [-0.4, -0.2) is 24.2 Å². The summed E-state index contributed by atoms with van der Waals surface area (Å²) in [6.45, 7) is 7.45. The summed E-state index contributed by atoms with van der Waals surface area (Å²) in [6, 6.07) is 8.20. The van der Waals surface area contributed by atoms with Crippen molar-refractivity contribution < 1.29 is 23.8 Å². The van der Waals surface area contributed by atoms with Gasteiger partial charge in [0.2, 0.25) is 0 Å². The Balaban J connectivity index is 2.07. The van der Waals surface area contributed by atoms with Crippen molar-refractivity contribution in [2.45, 2.75) is 20.0 Å². The van der Waals surface area contributed by atoms with Gasteiger partial charge in [0, 0.05) is 11.1 Å². The van der Waals surface area contributed by atoms with E-state index in [1.165, 1.54) is 19.2 Å². The molecule has 6 nitrogen and oxygen atoms in total. The molecule has 0 aromatic heterocycles. The number of carbonyl (C=O) groups is 1. The third-order valence-corrected chi connectivity index (χ3v) is 3.40. The van der Waals surface area contributed by atoms with Gasteiger partial charge in [0.1, 0.15) is 11.6 Å². The first-order valence-corrected chi connectivity index (χ1v) is 7.90. The highest BCUT2D eigenvalue weighted by Crippen LogP contribution is 2.29. The van der Waals surface area contributed by atoms with E-state index < -0.39 is 11.7 Å². The lowest BCUT2D eigenvalue weighted by atomic mass is 10.1. The van der Waals surface area contributed by atoms with Crippen LogP contribution >= 0.6 is 0 Å². The zero-order valence-electron chi connectivity index (χ0n) is 14.8. The van der Waals surface area contributed by atoms with E-state index in [1.54, 1.807) is 12.1 Å². The lowest BCUT2D eigenvalue weighted by Crippen LogP contribution is -2.35. The van der Waals surface area contributed by atoms with Crippen LogP contribution < -0.4 is 20.3 Å². The van der Waals surface area contributed by atoms with Gasteiger partial charge >= 0.3 is 0 Å². The monoisotopic (exact) mass is 360 g/mol. The molecule has 2 aromatic carbocycles. The van der Waals surface area contributed by atoms with Crippen LogP contribution in [0.5, 0.6) is 17.2 Å². The molecule has 3 N–H and O–H groups in total. The highest BCUT2D eigenvalue weighted by Gasteiger charge is 2.13. The maximum absolute atomic E-state index is 13.3. The highest BCUT2D eigenvalue weighted by atomic mass is 19.1. The van der Waals surface area contributed by atoms with E-state index in [4.69, 9.17) is 9.47 Å². The van der Waals surface area contributed by atoms with E-state index in [-0.39, 0.29) is 23.1 Å². The first kappa shape index (κ1) is 19.1. The number of amides is 1. The van der Waals surface area contributed by atoms with Gasteiger partial charge < -0.3 is 14.6 Å². The highest BCUT2D eigenvalue weighted by molar-refractivity contribution is 5.95. The topological polar surface area (TPSA) is 79.8 Å². The molecule has 0 aliphatic rings. The fraction of sp³-hybridized carbons (Fsp3) is 0.211. The van der Waals surface area contributed by atoms with Crippen LogP contribution in [-0.2, 0) is 0 Å². The molecular weight excluding hydrogens is 339 g/mol. The fourth-order valence-electron chi connectivity index (χ4n) is 2.18. The molecule has 0 unspecified atom stereocenters. The Hall–Kier alpha value is -3.22. The van der Waals surface area contributed by atoms with Crippen molar-refractivity contribution in [3.05, 3.63) is 59.9 Å². The summed E-state index contributed by atoms with van der Waals surface area (Å²) in [4.78, 5) is 12.3. The van der Waals surface area contributed by atoms with Gasteiger partial charge in [0.15, 0.2) is 11.5 Å². The Labute approximate surface area is 151 Å². The van der Waals surface area contributed by atoms with Gasteiger partial charge in [-0.15, -0.1) is 0 Å². The van der Waals surface area contributed by atoms with Crippen LogP contribution in [0.1, 0.15) is 29.8 Å². The van der Waals surface area contributed by atoms with E-state index in [0.717, 1.165) is 12.1 Å². The van der Waals surface area contributed by atoms with Crippen molar-refractivity contribution in [3.8, 4) is 17.2 Å². The number of carbonyl (C=O) groups excluding carboxylic acids is 1. The van der Waals surface area contributed by atoms with E-state index in [0.29, 0.717) is 17.1 Å². The van der Waals surface area contributed by atoms with Crippen molar-refractivity contribution in [3.63, 3.8) is 0 Å². The number of halogens is 1. The Bertz CT molecular complexity index is 821. The molecule has 0 spiro atoms. The van der Waals surface area contributed by atoms with Gasteiger partial charge in [-0.1, -0.05) is 6.58 Å². The molecule has 0 atom stereocenters. The fourth-order valence-corrected chi connectivity index (χ4v) is 2.18. The minimum Gasteiger partial charge on any atom is -0.507 e. The van der Waals surface area contributed by atoms with Crippen molar-refractivity contribution in [1.82, 2.24) is 10.9 Å². The van der Waals surface area contributed by atoms with Crippen LogP contribution in [0.3, 0.4) is 0 Å². The molecule has 26 heavy (non-hydrogen) atoms. The van der Waals surface area contributed by atoms with Gasteiger partial charge in [-0.25, -0.2) is 4.39 Å². The number of phenols is 1. The normalized spacial score (nSPS) is 10.3. The van der Waals surface area contributed by atoms with Gasteiger partial charge in [-0.05, 0) is 50.2 Å². The molecule has 0 aliphatic carbocycles. The Morgan fingerprint density at radius 3 is 2.54 bits per heavy atom. The largest absolute Gasteiger partial charge is 0.507 e. The number of aromatic hydroxyl groups is 1. The van der Waals surface area contributed by atoms with Gasteiger partial charge in [-0.3, -0.25) is 15.6 Å². The summed E-state index contributed by atoms with van der Waals surface area (Å²) >= 11 is 0. The second-order valence-corrected chi connectivity index (χ2v) is 5.75. The van der Waals surface area contributed by atoms with Gasteiger partial charge in [0.05, 0.1) is 18.9 Å².